The molecule has 1 aromatic heterocycles. The number of aryl methyl sites for hydroxylation is 1. The normalized spacial score (nSPS) is 10.3. The van der Waals surface area contributed by atoms with E-state index in [0.717, 1.165) is 6.07 Å². The Labute approximate surface area is 102 Å². The van der Waals surface area contributed by atoms with Crippen molar-refractivity contribution in [2.75, 3.05) is 5.32 Å². The molecule has 0 unspecified atom stereocenters. The molecule has 7 heteroatoms. The van der Waals surface area contributed by atoms with Crippen LogP contribution in [0.3, 0.4) is 0 Å². The van der Waals surface area contributed by atoms with Crippen LogP contribution in [0.15, 0.2) is 24.5 Å². The fraction of sp³-hybridized carbons (Fsp3) is 0.182. The van der Waals surface area contributed by atoms with Gasteiger partial charge in [0.05, 0.1) is 12.1 Å². The van der Waals surface area contributed by atoms with Crippen LogP contribution in [0.4, 0.5) is 10.1 Å². The van der Waals surface area contributed by atoms with Crippen molar-refractivity contribution >= 4 is 11.7 Å². The number of halogens is 1. The number of hydrogen-bond donors (Lipinski definition) is 2. The van der Waals surface area contributed by atoms with Crippen LogP contribution in [-0.2, 0) is 13.6 Å². The molecule has 0 fully saturated rings. The van der Waals surface area contributed by atoms with Crippen molar-refractivity contribution in [3.8, 4) is 0 Å². The van der Waals surface area contributed by atoms with Crippen LogP contribution >= 0.6 is 0 Å². The van der Waals surface area contributed by atoms with Crippen molar-refractivity contribution in [1.82, 2.24) is 14.8 Å². The van der Waals surface area contributed by atoms with Gasteiger partial charge in [-0.3, -0.25) is 4.68 Å². The smallest absolute Gasteiger partial charge is 0.337 e. The highest BCUT2D eigenvalue weighted by Crippen LogP contribution is 2.17. The van der Waals surface area contributed by atoms with Gasteiger partial charge in [-0.05, 0) is 18.2 Å². The van der Waals surface area contributed by atoms with E-state index in [2.05, 4.69) is 15.4 Å². The molecule has 94 valence electrons. The first kappa shape index (κ1) is 12.0. The summed E-state index contributed by atoms with van der Waals surface area (Å²) in [4.78, 5) is 14.9. The molecule has 0 aliphatic carbocycles. The van der Waals surface area contributed by atoms with Crippen molar-refractivity contribution in [3.05, 3.63) is 41.7 Å². The fourth-order valence-corrected chi connectivity index (χ4v) is 1.49. The summed E-state index contributed by atoms with van der Waals surface area (Å²) < 4.78 is 14.5. The van der Waals surface area contributed by atoms with Crippen LogP contribution in [0.25, 0.3) is 0 Å². The second-order valence-corrected chi connectivity index (χ2v) is 3.68. The third-order valence-electron chi connectivity index (χ3n) is 2.30. The Kier molecular flexibility index (Phi) is 3.22. The lowest BCUT2D eigenvalue weighted by Gasteiger charge is -2.07. The van der Waals surface area contributed by atoms with E-state index in [-0.39, 0.29) is 12.1 Å². The highest BCUT2D eigenvalue weighted by Gasteiger charge is 2.11. The maximum Gasteiger partial charge on any atom is 0.337 e. The Morgan fingerprint density at radius 2 is 2.33 bits per heavy atom. The Hall–Kier alpha value is -2.44. The monoisotopic (exact) mass is 250 g/mol. The van der Waals surface area contributed by atoms with Crippen LogP contribution in [0.2, 0.25) is 0 Å². The lowest BCUT2D eigenvalue weighted by atomic mass is 10.1. The number of aromatic nitrogens is 3. The van der Waals surface area contributed by atoms with Gasteiger partial charge < -0.3 is 10.4 Å². The summed E-state index contributed by atoms with van der Waals surface area (Å²) in [5.41, 5.74) is 0.210. The Balaban J connectivity index is 2.16. The minimum atomic E-state index is -1.19. The number of rotatable bonds is 4. The van der Waals surface area contributed by atoms with E-state index in [1.54, 1.807) is 18.1 Å². The zero-order valence-electron chi connectivity index (χ0n) is 9.59. The van der Waals surface area contributed by atoms with Crippen molar-refractivity contribution < 1.29 is 14.3 Å². The van der Waals surface area contributed by atoms with Gasteiger partial charge in [0.1, 0.15) is 12.1 Å². The summed E-state index contributed by atoms with van der Waals surface area (Å²) >= 11 is 0. The van der Waals surface area contributed by atoms with Gasteiger partial charge in [-0.15, -0.1) is 0 Å². The SMILES string of the molecule is Cn1cnc(CNc2ccc(F)cc2C(=O)O)n1. The third-order valence-corrected chi connectivity index (χ3v) is 2.30. The number of carbonyl (C=O) groups is 1. The minimum Gasteiger partial charge on any atom is -0.478 e. The van der Waals surface area contributed by atoms with E-state index in [4.69, 9.17) is 5.11 Å². The molecule has 0 bridgehead atoms. The third kappa shape index (κ3) is 2.62. The highest BCUT2D eigenvalue weighted by molar-refractivity contribution is 5.94. The number of aromatic carboxylic acids is 1. The number of nitrogens with zero attached hydrogens (tertiary/aromatic N) is 3. The molecule has 0 atom stereocenters. The average Bonchev–Trinajstić information content (AvgIpc) is 2.73. The van der Waals surface area contributed by atoms with Crippen LogP contribution in [0.5, 0.6) is 0 Å². The topological polar surface area (TPSA) is 80.0 Å². The van der Waals surface area contributed by atoms with E-state index >= 15 is 0 Å². The van der Waals surface area contributed by atoms with Gasteiger partial charge in [0, 0.05) is 12.7 Å². The molecule has 0 radical (unpaired) electrons. The molecule has 2 N–H and O–H groups in total. The molecule has 0 saturated heterocycles. The van der Waals surface area contributed by atoms with Crippen molar-refractivity contribution in [2.24, 2.45) is 7.05 Å². The minimum absolute atomic E-state index is 0.120. The molecule has 2 rings (SSSR count). The number of nitrogens with one attached hydrogen (secondary N) is 1. The first-order valence-corrected chi connectivity index (χ1v) is 5.17. The van der Waals surface area contributed by atoms with Gasteiger partial charge >= 0.3 is 5.97 Å². The molecule has 0 aliphatic rings. The molecule has 6 nitrogen and oxygen atoms in total. The fourth-order valence-electron chi connectivity index (χ4n) is 1.49. The summed E-state index contributed by atoms with van der Waals surface area (Å²) in [5, 5.41) is 15.9. The molecule has 18 heavy (non-hydrogen) atoms. The first-order chi connectivity index (χ1) is 8.56. The molecule has 1 heterocycles. The van der Waals surface area contributed by atoms with Crippen LogP contribution in [-0.4, -0.2) is 25.8 Å². The van der Waals surface area contributed by atoms with Gasteiger partial charge in [-0.2, -0.15) is 5.10 Å². The molecular formula is C11H11FN4O2. The van der Waals surface area contributed by atoms with E-state index in [1.807, 2.05) is 0 Å². The standard InChI is InChI=1S/C11H11FN4O2/c1-16-6-14-10(15-16)5-13-9-3-2-7(12)4-8(9)11(17)18/h2-4,6,13H,5H2,1H3,(H,17,18). The van der Waals surface area contributed by atoms with E-state index in [1.165, 1.54) is 12.1 Å². The second-order valence-electron chi connectivity index (χ2n) is 3.68. The van der Waals surface area contributed by atoms with Crippen LogP contribution < -0.4 is 5.32 Å². The largest absolute Gasteiger partial charge is 0.478 e. The predicted octanol–water partition coefficient (Wildman–Crippen LogP) is 1.26. The Morgan fingerprint density at radius 3 is 2.94 bits per heavy atom. The summed E-state index contributed by atoms with van der Waals surface area (Å²) in [6.07, 6.45) is 1.54. The molecule has 0 amide bonds. The van der Waals surface area contributed by atoms with E-state index in [0.29, 0.717) is 11.5 Å². The molecule has 1 aromatic carbocycles. The maximum atomic E-state index is 13.0. The molecular weight excluding hydrogens is 239 g/mol. The number of carboxylic acid groups (broad SMARTS) is 1. The molecule has 0 saturated carbocycles. The summed E-state index contributed by atoms with van der Waals surface area (Å²) in [6, 6.07) is 3.54. The second kappa shape index (κ2) is 4.82. The highest BCUT2D eigenvalue weighted by atomic mass is 19.1. The number of benzene rings is 1. The molecule has 2 aromatic rings. The van der Waals surface area contributed by atoms with E-state index < -0.39 is 11.8 Å². The zero-order valence-corrected chi connectivity index (χ0v) is 9.59. The van der Waals surface area contributed by atoms with Crippen LogP contribution in [0, 0.1) is 5.82 Å². The van der Waals surface area contributed by atoms with Crippen LogP contribution in [0.1, 0.15) is 16.2 Å². The van der Waals surface area contributed by atoms with Crippen molar-refractivity contribution in [1.29, 1.82) is 0 Å². The van der Waals surface area contributed by atoms with E-state index in [9.17, 15) is 9.18 Å². The quantitative estimate of drug-likeness (QED) is 0.854. The number of anilines is 1. The molecule has 0 spiro atoms. The van der Waals surface area contributed by atoms with Crippen molar-refractivity contribution in [3.63, 3.8) is 0 Å². The lowest BCUT2D eigenvalue weighted by molar-refractivity contribution is 0.0697. The Morgan fingerprint density at radius 1 is 1.56 bits per heavy atom. The number of carboxylic acids is 1. The van der Waals surface area contributed by atoms with Gasteiger partial charge in [-0.1, -0.05) is 0 Å². The summed E-state index contributed by atoms with van der Waals surface area (Å²) in [6.45, 7) is 0.271. The average molecular weight is 250 g/mol. The zero-order chi connectivity index (χ0) is 13.1. The summed E-state index contributed by atoms with van der Waals surface area (Å²) in [5.74, 6) is -1.25. The van der Waals surface area contributed by atoms with Gasteiger partial charge in [0.2, 0.25) is 0 Å². The first-order valence-electron chi connectivity index (χ1n) is 5.17. The van der Waals surface area contributed by atoms with Gasteiger partial charge in [-0.25, -0.2) is 14.2 Å². The maximum absolute atomic E-state index is 13.0. The number of hydrogen-bond acceptors (Lipinski definition) is 4. The lowest BCUT2D eigenvalue weighted by Crippen LogP contribution is -2.08. The van der Waals surface area contributed by atoms with Gasteiger partial charge in [0.15, 0.2) is 5.82 Å². The Bertz CT molecular complexity index is 582. The summed E-state index contributed by atoms with van der Waals surface area (Å²) in [7, 11) is 1.73. The van der Waals surface area contributed by atoms with Gasteiger partial charge in [0.25, 0.3) is 0 Å². The van der Waals surface area contributed by atoms with Crippen molar-refractivity contribution in [2.45, 2.75) is 6.54 Å². The molecule has 0 aliphatic heterocycles. The predicted molar refractivity (Wildman–Crippen MR) is 61.7 cm³/mol.